The molecule has 7 heteroatoms. The molecule has 1 aromatic carbocycles. The zero-order valence-electron chi connectivity index (χ0n) is 11.6. The number of rotatable bonds is 3. The maximum Gasteiger partial charge on any atom is 0.255 e. The van der Waals surface area contributed by atoms with Crippen molar-refractivity contribution in [3.63, 3.8) is 0 Å². The first kappa shape index (κ1) is 13.2. The Kier molecular flexibility index (Phi) is 3.31. The van der Waals surface area contributed by atoms with Crippen LogP contribution in [0.2, 0.25) is 0 Å². The first-order valence-corrected chi connectivity index (χ1v) is 6.37. The van der Waals surface area contributed by atoms with Crippen LogP contribution >= 0.6 is 0 Å². The summed E-state index contributed by atoms with van der Waals surface area (Å²) in [6.45, 7) is 1.82. The summed E-state index contributed by atoms with van der Waals surface area (Å²) in [5.74, 6) is 0.836. The van der Waals surface area contributed by atoms with E-state index in [0.717, 1.165) is 5.56 Å². The molecule has 0 radical (unpaired) electrons. The van der Waals surface area contributed by atoms with Crippen LogP contribution in [-0.4, -0.2) is 31.8 Å². The van der Waals surface area contributed by atoms with Crippen molar-refractivity contribution in [1.29, 1.82) is 0 Å². The Labute approximate surface area is 120 Å². The summed E-state index contributed by atoms with van der Waals surface area (Å²) in [6.07, 6.45) is 3.37. The first-order chi connectivity index (χ1) is 10.2. The summed E-state index contributed by atoms with van der Waals surface area (Å²) in [4.78, 5) is 12.9. The lowest BCUT2D eigenvalue weighted by molar-refractivity contribution is 0.627. The second-order valence-electron chi connectivity index (χ2n) is 4.50. The van der Waals surface area contributed by atoms with Crippen molar-refractivity contribution in [2.75, 3.05) is 12.4 Å². The summed E-state index contributed by atoms with van der Waals surface area (Å²) < 4.78 is 15.1. The van der Waals surface area contributed by atoms with Crippen molar-refractivity contribution in [3.05, 3.63) is 48.0 Å². The summed E-state index contributed by atoms with van der Waals surface area (Å²) in [7, 11) is 1.71. The Morgan fingerprint density at radius 3 is 2.67 bits per heavy atom. The lowest BCUT2D eigenvalue weighted by Crippen LogP contribution is -2.08. The molecule has 2 heterocycles. The van der Waals surface area contributed by atoms with E-state index in [9.17, 15) is 4.39 Å². The highest BCUT2D eigenvalue weighted by molar-refractivity contribution is 5.58. The van der Waals surface area contributed by atoms with Crippen molar-refractivity contribution in [1.82, 2.24) is 24.7 Å². The number of hydrogen-bond donors (Lipinski definition) is 1. The van der Waals surface area contributed by atoms with Gasteiger partial charge in [0, 0.05) is 25.0 Å². The maximum absolute atomic E-state index is 13.6. The fourth-order valence-corrected chi connectivity index (χ4v) is 1.96. The van der Waals surface area contributed by atoms with Gasteiger partial charge in [0.1, 0.15) is 5.82 Å². The molecule has 0 bridgehead atoms. The van der Waals surface area contributed by atoms with E-state index in [0.29, 0.717) is 23.3 Å². The molecule has 0 saturated heterocycles. The van der Waals surface area contributed by atoms with E-state index < -0.39 is 0 Å². The molecule has 0 aliphatic rings. The molecule has 0 fully saturated rings. The summed E-state index contributed by atoms with van der Waals surface area (Å²) in [5.41, 5.74) is 1.40. The number of nitrogens with zero attached hydrogens (tertiary/aromatic N) is 5. The number of halogens is 1. The molecule has 6 nitrogen and oxygen atoms in total. The molecule has 0 spiro atoms. The Hall–Kier alpha value is -2.83. The van der Waals surface area contributed by atoms with Crippen LogP contribution in [0.3, 0.4) is 0 Å². The number of benzene rings is 1. The summed E-state index contributed by atoms with van der Waals surface area (Å²) in [5, 5.41) is 6.97. The van der Waals surface area contributed by atoms with Gasteiger partial charge >= 0.3 is 0 Å². The van der Waals surface area contributed by atoms with E-state index in [-0.39, 0.29) is 5.82 Å². The van der Waals surface area contributed by atoms with Crippen LogP contribution in [0.1, 0.15) is 5.56 Å². The minimum Gasteiger partial charge on any atom is -0.357 e. The van der Waals surface area contributed by atoms with Crippen LogP contribution in [0, 0.1) is 12.7 Å². The molecule has 0 aliphatic heterocycles. The minimum absolute atomic E-state index is 0.322. The Bertz CT molecular complexity index is 749. The van der Waals surface area contributed by atoms with Crippen LogP contribution < -0.4 is 5.32 Å². The number of nitrogens with one attached hydrogen (secondary N) is 1. The van der Waals surface area contributed by atoms with E-state index in [2.05, 4.69) is 25.4 Å². The van der Waals surface area contributed by atoms with Gasteiger partial charge in [0.25, 0.3) is 5.95 Å². The number of aromatic nitrogens is 5. The van der Waals surface area contributed by atoms with Gasteiger partial charge in [0.15, 0.2) is 5.82 Å². The van der Waals surface area contributed by atoms with Gasteiger partial charge in [0.2, 0.25) is 5.95 Å². The minimum atomic E-state index is -0.322. The number of aryl methyl sites for hydroxylation is 1. The molecule has 2 aromatic heterocycles. The average Bonchev–Trinajstić information content (AvgIpc) is 3.00. The topological polar surface area (TPSA) is 68.5 Å². The Balaban J connectivity index is 2.15. The van der Waals surface area contributed by atoms with Crippen molar-refractivity contribution in [3.8, 4) is 17.3 Å². The Morgan fingerprint density at radius 1 is 1.14 bits per heavy atom. The van der Waals surface area contributed by atoms with Crippen molar-refractivity contribution in [2.24, 2.45) is 0 Å². The van der Waals surface area contributed by atoms with Crippen LogP contribution in [-0.2, 0) is 0 Å². The molecular weight excluding hydrogens is 271 g/mol. The van der Waals surface area contributed by atoms with Gasteiger partial charge in [0.05, 0.1) is 0 Å². The van der Waals surface area contributed by atoms with Crippen LogP contribution in [0.4, 0.5) is 10.3 Å². The van der Waals surface area contributed by atoms with Gasteiger partial charge in [-0.3, -0.25) is 0 Å². The smallest absolute Gasteiger partial charge is 0.255 e. The van der Waals surface area contributed by atoms with Crippen molar-refractivity contribution in [2.45, 2.75) is 6.92 Å². The fraction of sp³-hybridized carbons (Fsp3) is 0.143. The molecular formula is C14H13FN6. The predicted octanol–water partition coefficient (Wildman–Crippen LogP) is 2.21. The zero-order chi connectivity index (χ0) is 14.8. The highest BCUT2D eigenvalue weighted by Gasteiger charge is 2.11. The van der Waals surface area contributed by atoms with Gasteiger partial charge in [-0.05, 0) is 36.8 Å². The molecule has 3 aromatic rings. The third kappa shape index (κ3) is 2.71. The molecule has 0 atom stereocenters. The van der Waals surface area contributed by atoms with Gasteiger partial charge in [-0.15, -0.1) is 0 Å². The van der Waals surface area contributed by atoms with Crippen LogP contribution in [0.5, 0.6) is 0 Å². The van der Waals surface area contributed by atoms with E-state index in [1.54, 1.807) is 25.5 Å². The average molecular weight is 284 g/mol. The highest BCUT2D eigenvalue weighted by atomic mass is 19.1. The van der Waals surface area contributed by atoms with Crippen molar-refractivity contribution < 1.29 is 4.39 Å². The third-order valence-corrected chi connectivity index (χ3v) is 2.86. The summed E-state index contributed by atoms with van der Waals surface area (Å²) >= 11 is 0. The van der Waals surface area contributed by atoms with Gasteiger partial charge in [-0.1, -0.05) is 0 Å². The normalized spacial score (nSPS) is 10.6. The van der Waals surface area contributed by atoms with E-state index in [1.807, 2.05) is 13.0 Å². The van der Waals surface area contributed by atoms with Gasteiger partial charge in [-0.25, -0.2) is 9.07 Å². The SMILES string of the molecule is CNc1nc(-c2cc(C)cc(F)c2)nc(-n2cccn2)n1. The van der Waals surface area contributed by atoms with E-state index in [4.69, 9.17) is 0 Å². The summed E-state index contributed by atoms with van der Waals surface area (Å²) in [6, 6.07) is 6.45. The lowest BCUT2D eigenvalue weighted by atomic mass is 10.1. The van der Waals surface area contributed by atoms with E-state index in [1.165, 1.54) is 16.8 Å². The first-order valence-electron chi connectivity index (χ1n) is 6.37. The fourth-order valence-electron chi connectivity index (χ4n) is 1.96. The zero-order valence-corrected chi connectivity index (χ0v) is 11.6. The molecule has 21 heavy (non-hydrogen) atoms. The lowest BCUT2D eigenvalue weighted by Gasteiger charge is -2.07. The van der Waals surface area contributed by atoms with Crippen molar-refractivity contribution >= 4 is 5.95 Å². The molecule has 1 N–H and O–H groups in total. The number of hydrogen-bond acceptors (Lipinski definition) is 5. The molecule has 3 rings (SSSR count). The standard InChI is InChI=1S/C14H13FN6/c1-9-6-10(8-11(15)7-9)12-18-13(16-2)20-14(19-12)21-5-3-4-17-21/h3-8H,1-2H3,(H,16,18,19,20). The molecule has 0 amide bonds. The molecule has 0 aliphatic carbocycles. The molecule has 106 valence electrons. The number of anilines is 1. The van der Waals surface area contributed by atoms with Crippen LogP contribution in [0.15, 0.2) is 36.7 Å². The second-order valence-corrected chi connectivity index (χ2v) is 4.50. The Morgan fingerprint density at radius 2 is 2.00 bits per heavy atom. The molecule has 0 unspecified atom stereocenters. The van der Waals surface area contributed by atoms with Gasteiger partial charge in [-0.2, -0.15) is 20.1 Å². The van der Waals surface area contributed by atoms with Crippen LogP contribution in [0.25, 0.3) is 17.3 Å². The largest absolute Gasteiger partial charge is 0.357 e. The quantitative estimate of drug-likeness (QED) is 0.798. The highest BCUT2D eigenvalue weighted by Crippen LogP contribution is 2.20. The second kappa shape index (κ2) is 5.28. The molecule has 0 saturated carbocycles. The third-order valence-electron chi connectivity index (χ3n) is 2.86. The predicted molar refractivity (Wildman–Crippen MR) is 76.6 cm³/mol. The van der Waals surface area contributed by atoms with Gasteiger partial charge < -0.3 is 5.32 Å². The van der Waals surface area contributed by atoms with E-state index >= 15 is 0 Å². The maximum atomic E-state index is 13.6. The monoisotopic (exact) mass is 284 g/mol.